The van der Waals surface area contributed by atoms with Crippen LogP contribution in [0.25, 0.3) is 0 Å². The summed E-state index contributed by atoms with van der Waals surface area (Å²) in [6.45, 7) is 4.27. The molecule has 100 valence electrons. The molecule has 1 heterocycles. The Labute approximate surface area is 108 Å². The lowest BCUT2D eigenvalue weighted by molar-refractivity contribution is 0.0556. The molecule has 18 heavy (non-hydrogen) atoms. The van der Waals surface area contributed by atoms with Crippen molar-refractivity contribution in [3.63, 3.8) is 0 Å². The van der Waals surface area contributed by atoms with E-state index in [1.807, 2.05) is 24.3 Å². The Morgan fingerprint density at radius 1 is 1.44 bits per heavy atom. The summed E-state index contributed by atoms with van der Waals surface area (Å²) in [4.78, 5) is 0. The maximum Gasteiger partial charge on any atom is 0.124 e. The van der Waals surface area contributed by atoms with Gasteiger partial charge < -0.3 is 20.3 Å². The summed E-state index contributed by atoms with van der Waals surface area (Å²) in [5.41, 5.74) is 0.887. The third-order valence-electron chi connectivity index (χ3n) is 3.19. The molecular weight excluding hydrogens is 230 g/mol. The summed E-state index contributed by atoms with van der Waals surface area (Å²) in [5, 5.41) is 21.6. The van der Waals surface area contributed by atoms with Crippen LogP contribution in [-0.2, 0) is 0 Å². The predicted molar refractivity (Wildman–Crippen MR) is 69.6 cm³/mol. The summed E-state index contributed by atoms with van der Waals surface area (Å²) in [6.07, 6.45) is 0.116. The third-order valence-corrected chi connectivity index (χ3v) is 3.19. The van der Waals surface area contributed by atoms with Gasteiger partial charge in [0.05, 0.1) is 12.7 Å². The molecule has 2 atom stereocenters. The van der Waals surface area contributed by atoms with E-state index in [9.17, 15) is 5.11 Å². The molecule has 0 aromatic heterocycles. The van der Waals surface area contributed by atoms with Crippen LogP contribution in [0, 0.1) is 0 Å². The van der Waals surface area contributed by atoms with Gasteiger partial charge in [-0.25, -0.2) is 0 Å². The highest BCUT2D eigenvalue weighted by atomic mass is 16.5. The molecule has 2 rings (SSSR count). The number of nitrogens with one attached hydrogen (secondary N) is 1. The van der Waals surface area contributed by atoms with Gasteiger partial charge in [-0.05, 0) is 19.9 Å². The first-order valence-corrected chi connectivity index (χ1v) is 6.32. The molecule has 0 spiro atoms. The second-order valence-electron chi connectivity index (χ2n) is 5.40. The van der Waals surface area contributed by atoms with Gasteiger partial charge in [0.15, 0.2) is 0 Å². The molecule has 3 N–H and O–H groups in total. The van der Waals surface area contributed by atoms with Gasteiger partial charge in [0.2, 0.25) is 0 Å². The number of rotatable bonds is 4. The molecule has 4 nitrogen and oxygen atoms in total. The van der Waals surface area contributed by atoms with E-state index in [1.165, 1.54) is 0 Å². The molecular formula is C14H21NO3. The highest BCUT2D eigenvalue weighted by Gasteiger charge is 2.33. The van der Waals surface area contributed by atoms with Crippen LogP contribution in [0.3, 0.4) is 0 Å². The molecule has 0 saturated carbocycles. The number of benzene rings is 1. The fraction of sp³-hybridized carbons (Fsp3) is 0.571. The van der Waals surface area contributed by atoms with E-state index in [0.717, 1.165) is 17.7 Å². The van der Waals surface area contributed by atoms with Crippen molar-refractivity contribution in [2.45, 2.75) is 38.0 Å². The van der Waals surface area contributed by atoms with Gasteiger partial charge in [0.1, 0.15) is 11.4 Å². The highest BCUT2D eigenvalue weighted by molar-refractivity contribution is 5.38. The van der Waals surface area contributed by atoms with Crippen LogP contribution in [0.4, 0.5) is 0 Å². The molecule has 1 aromatic rings. The van der Waals surface area contributed by atoms with Gasteiger partial charge in [-0.15, -0.1) is 0 Å². The van der Waals surface area contributed by atoms with Gasteiger partial charge in [0.25, 0.3) is 0 Å². The fourth-order valence-corrected chi connectivity index (χ4v) is 2.33. The zero-order valence-electron chi connectivity index (χ0n) is 10.9. The topological polar surface area (TPSA) is 61.7 Å². The molecule has 1 aliphatic heterocycles. The van der Waals surface area contributed by atoms with Crippen molar-refractivity contribution in [2.75, 3.05) is 13.2 Å². The average Bonchev–Trinajstić information content (AvgIpc) is 2.34. The first-order chi connectivity index (χ1) is 8.52. The minimum absolute atomic E-state index is 0.145. The monoisotopic (exact) mass is 251 g/mol. The zero-order valence-corrected chi connectivity index (χ0v) is 10.9. The largest absolute Gasteiger partial charge is 0.487 e. The Bertz CT molecular complexity index is 406. The Balaban J connectivity index is 2.14. The zero-order chi connectivity index (χ0) is 13.2. The lowest BCUT2D eigenvalue weighted by Gasteiger charge is -2.38. The minimum Gasteiger partial charge on any atom is -0.487 e. The normalized spacial score (nSPS) is 23.0. The molecule has 0 aliphatic carbocycles. The molecule has 4 heteroatoms. The lowest BCUT2D eigenvalue weighted by atomic mass is 9.89. The summed E-state index contributed by atoms with van der Waals surface area (Å²) >= 11 is 0. The number of ether oxygens (including phenoxy) is 1. The van der Waals surface area contributed by atoms with E-state index in [4.69, 9.17) is 9.84 Å². The second kappa shape index (κ2) is 5.26. The van der Waals surface area contributed by atoms with Gasteiger partial charge in [-0.2, -0.15) is 0 Å². The van der Waals surface area contributed by atoms with E-state index in [-0.39, 0.29) is 18.2 Å². The summed E-state index contributed by atoms with van der Waals surface area (Å²) in [5.74, 6) is 0.893. The summed E-state index contributed by atoms with van der Waals surface area (Å²) in [7, 11) is 0. The smallest absolute Gasteiger partial charge is 0.124 e. The first-order valence-electron chi connectivity index (χ1n) is 6.32. The number of aliphatic hydroxyl groups is 2. The van der Waals surface area contributed by atoms with Crippen molar-refractivity contribution in [2.24, 2.45) is 0 Å². The summed E-state index contributed by atoms with van der Waals surface area (Å²) in [6, 6.07) is 8.09. The van der Waals surface area contributed by atoms with Crippen molar-refractivity contribution >= 4 is 0 Å². The van der Waals surface area contributed by atoms with Crippen molar-refractivity contribution in [1.29, 1.82) is 0 Å². The van der Waals surface area contributed by atoms with Crippen LogP contribution < -0.4 is 10.1 Å². The van der Waals surface area contributed by atoms with Crippen LogP contribution in [0.1, 0.15) is 31.9 Å². The molecule has 1 aliphatic rings. The molecule has 0 fully saturated rings. The lowest BCUT2D eigenvalue weighted by Crippen LogP contribution is -2.41. The Morgan fingerprint density at radius 2 is 2.17 bits per heavy atom. The molecule has 1 aromatic carbocycles. The molecule has 0 bridgehead atoms. The van der Waals surface area contributed by atoms with Crippen molar-refractivity contribution < 1.29 is 14.9 Å². The van der Waals surface area contributed by atoms with Crippen LogP contribution in [0.15, 0.2) is 24.3 Å². The first kappa shape index (κ1) is 13.3. The van der Waals surface area contributed by atoms with Crippen LogP contribution in [0.2, 0.25) is 0 Å². The standard InChI is InChI=1S/C14H21NO3/c1-14(2)7-12(15-8-10(17)9-16)11-5-3-4-6-13(11)18-14/h3-6,10,12,15-17H,7-9H2,1-2H3. The van der Waals surface area contributed by atoms with Crippen molar-refractivity contribution in [3.8, 4) is 5.75 Å². The van der Waals surface area contributed by atoms with Crippen LogP contribution >= 0.6 is 0 Å². The van der Waals surface area contributed by atoms with Gasteiger partial charge in [-0.1, -0.05) is 18.2 Å². The van der Waals surface area contributed by atoms with Gasteiger partial charge in [-0.3, -0.25) is 0 Å². The second-order valence-corrected chi connectivity index (χ2v) is 5.40. The third kappa shape index (κ3) is 3.02. The Hall–Kier alpha value is -1.10. The number of hydrogen-bond donors (Lipinski definition) is 3. The maximum atomic E-state index is 9.42. The van der Waals surface area contributed by atoms with Crippen molar-refractivity contribution in [3.05, 3.63) is 29.8 Å². The highest BCUT2D eigenvalue weighted by Crippen LogP contribution is 2.38. The maximum absolute atomic E-state index is 9.42. The molecule has 2 unspecified atom stereocenters. The fourth-order valence-electron chi connectivity index (χ4n) is 2.33. The summed E-state index contributed by atoms with van der Waals surface area (Å²) < 4.78 is 5.93. The number of hydrogen-bond acceptors (Lipinski definition) is 4. The Kier molecular flexibility index (Phi) is 3.90. The van der Waals surface area contributed by atoms with E-state index < -0.39 is 6.10 Å². The molecule has 0 amide bonds. The average molecular weight is 251 g/mol. The SMILES string of the molecule is CC1(C)CC(NCC(O)CO)c2ccccc2O1. The number of aliphatic hydroxyl groups excluding tert-OH is 2. The molecule has 0 saturated heterocycles. The van der Waals surface area contributed by atoms with E-state index >= 15 is 0 Å². The quantitative estimate of drug-likeness (QED) is 0.753. The predicted octanol–water partition coefficient (Wildman–Crippen LogP) is 1.23. The number of para-hydroxylation sites is 1. The van der Waals surface area contributed by atoms with Crippen LogP contribution in [0.5, 0.6) is 5.75 Å². The van der Waals surface area contributed by atoms with Gasteiger partial charge >= 0.3 is 0 Å². The van der Waals surface area contributed by atoms with E-state index in [1.54, 1.807) is 0 Å². The van der Waals surface area contributed by atoms with E-state index in [2.05, 4.69) is 19.2 Å². The Morgan fingerprint density at radius 3 is 2.89 bits per heavy atom. The van der Waals surface area contributed by atoms with E-state index in [0.29, 0.717) is 6.54 Å². The van der Waals surface area contributed by atoms with Gasteiger partial charge in [0, 0.05) is 24.6 Å². The molecule has 0 radical (unpaired) electrons. The van der Waals surface area contributed by atoms with Crippen LogP contribution in [-0.4, -0.2) is 35.1 Å². The van der Waals surface area contributed by atoms with Crippen molar-refractivity contribution in [1.82, 2.24) is 5.32 Å². The number of fused-ring (bicyclic) bond motifs is 1. The minimum atomic E-state index is -0.719.